The third kappa shape index (κ3) is 25.7. The number of thiol groups is 3. The molecule has 546 valence electrons. The van der Waals surface area contributed by atoms with Crippen LogP contribution in [0.25, 0.3) is 10.9 Å². The zero-order chi connectivity index (χ0) is 73.6. The Balaban J connectivity index is 1.46. The molecule has 100 heavy (non-hydrogen) atoms. The third-order valence-electron chi connectivity index (χ3n) is 16.3. The van der Waals surface area contributed by atoms with E-state index >= 15 is 9.59 Å². The largest absolute Gasteiger partial charge is 0.481 e. The van der Waals surface area contributed by atoms with Crippen molar-refractivity contribution in [2.45, 2.75) is 164 Å². The minimum absolute atomic E-state index is 0.0403. The number of rotatable bonds is 42. The van der Waals surface area contributed by atoms with Crippen molar-refractivity contribution in [2.24, 2.45) is 33.8 Å². The first-order chi connectivity index (χ1) is 47.7. The van der Waals surface area contributed by atoms with Gasteiger partial charge in [-0.25, -0.2) is 4.98 Å². The number of carbonyl (C=O) groups excluding carboxylic acids is 12. The van der Waals surface area contributed by atoms with Crippen molar-refractivity contribution in [3.63, 3.8) is 0 Å². The second-order valence-corrected chi connectivity index (χ2v) is 25.4. The summed E-state index contributed by atoms with van der Waals surface area (Å²) < 4.78 is 0. The Morgan fingerprint density at radius 2 is 1.10 bits per heavy atom. The van der Waals surface area contributed by atoms with Crippen molar-refractivity contribution >= 4 is 132 Å². The fraction of sp³-hybridized carbons (Fsp3) is 0.516. The minimum atomic E-state index is -1.66. The Morgan fingerprint density at radius 1 is 0.600 bits per heavy atom. The summed E-state index contributed by atoms with van der Waals surface area (Å²) in [5.74, 6) is -12.7. The van der Waals surface area contributed by atoms with E-state index in [-0.39, 0.29) is 93.7 Å². The van der Waals surface area contributed by atoms with Gasteiger partial charge in [0.25, 0.3) is 0 Å². The molecule has 11 atom stereocenters. The number of aromatic amines is 2. The third-order valence-corrected chi connectivity index (χ3v) is 17.4. The molecule has 0 spiro atoms. The summed E-state index contributed by atoms with van der Waals surface area (Å²) in [6.07, 6.45) is 3.88. The lowest BCUT2D eigenvalue weighted by molar-refractivity contribution is -0.142. The average molecular weight is 1450 g/mol. The molecule has 0 radical (unpaired) electrons. The molecule has 21 N–H and O–H groups in total. The summed E-state index contributed by atoms with van der Waals surface area (Å²) in [5, 5.41) is 36.5. The van der Waals surface area contributed by atoms with Crippen molar-refractivity contribution in [1.82, 2.24) is 73.0 Å². The van der Waals surface area contributed by atoms with Crippen molar-refractivity contribution in [3.05, 3.63) is 90.1 Å². The molecular weight excluding hydrogens is 1360 g/mol. The van der Waals surface area contributed by atoms with E-state index < -0.39 is 156 Å². The Hall–Kier alpha value is -9.42. The highest BCUT2D eigenvalue weighted by molar-refractivity contribution is 7.80. The van der Waals surface area contributed by atoms with Crippen LogP contribution < -0.4 is 76.1 Å². The van der Waals surface area contributed by atoms with Crippen LogP contribution in [-0.4, -0.2) is 211 Å². The first kappa shape index (κ1) is 81.3. The number of amides is 12. The quantitative estimate of drug-likeness (QED) is 0.00897. The van der Waals surface area contributed by atoms with Gasteiger partial charge in [0.05, 0.1) is 6.33 Å². The van der Waals surface area contributed by atoms with Crippen LogP contribution >= 0.6 is 37.9 Å². The van der Waals surface area contributed by atoms with Gasteiger partial charge in [-0.15, -0.1) is 0 Å². The van der Waals surface area contributed by atoms with Gasteiger partial charge in [0.1, 0.15) is 66.5 Å². The lowest BCUT2D eigenvalue weighted by Gasteiger charge is -2.31. The van der Waals surface area contributed by atoms with Crippen molar-refractivity contribution < 1.29 is 67.4 Å². The number of hydrogen-bond acceptors (Lipinski definition) is 19. The molecule has 1 aliphatic heterocycles. The number of carbonyl (C=O) groups is 13. The van der Waals surface area contributed by atoms with Gasteiger partial charge in [-0.3, -0.25) is 67.3 Å². The molecule has 0 unspecified atom stereocenters. The Labute approximate surface area is 594 Å². The van der Waals surface area contributed by atoms with E-state index in [9.17, 15) is 57.8 Å². The van der Waals surface area contributed by atoms with Crippen LogP contribution in [0.2, 0.25) is 0 Å². The van der Waals surface area contributed by atoms with Gasteiger partial charge in [0.15, 0.2) is 5.96 Å². The van der Waals surface area contributed by atoms with E-state index in [4.69, 9.17) is 22.9 Å². The number of unbranched alkanes of at least 4 members (excludes halogenated alkanes) is 1. The molecule has 33 nitrogen and oxygen atoms in total. The lowest BCUT2D eigenvalue weighted by atomic mass is 10.0. The van der Waals surface area contributed by atoms with Crippen LogP contribution in [0.1, 0.15) is 95.4 Å². The summed E-state index contributed by atoms with van der Waals surface area (Å²) in [7, 11) is 0. The number of aliphatic imine (C=N–C) groups is 1. The first-order valence-corrected chi connectivity index (χ1v) is 34.5. The molecule has 2 aromatic carbocycles. The Bertz CT molecular complexity index is 3490. The molecule has 3 heterocycles. The number of nitrogens with two attached hydrogens (primary N) is 4. The van der Waals surface area contributed by atoms with Gasteiger partial charge in [-0.05, 0) is 81.0 Å². The van der Waals surface area contributed by atoms with Crippen LogP contribution in [0.4, 0.5) is 0 Å². The highest BCUT2D eigenvalue weighted by Crippen LogP contribution is 2.23. The molecule has 1 saturated heterocycles. The van der Waals surface area contributed by atoms with Gasteiger partial charge in [0.2, 0.25) is 70.9 Å². The van der Waals surface area contributed by atoms with Gasteiger partial charge >= 0.3 is 5.97 Å². The number of para-hydroxylation sites is 1. The number of likely N-dealkylation sites (tertiary alicyclic amines) is 1. The SMILES string of the molecule is CC(=O)N[C@@H](CS)C(=O)N[C@@H](CS)C(=O)N[C@@H](CCC(=O)O)C(=O)N[C@@H](Cc1cnc[nH]1)C(=O)N[C@H](Cc1ccccc1)C(=O)N[C@@H](CCCN=C(N)N)C(=O)N[C@@H](Cc1c[nH]c2ccccc12)C(=O)N[C@@H](CS)C(=O)N[C@@H](CCCCN)C(=O)N1CCC[C@H]1C(=O)N[C@H](C(N)=O)C(C)C. The number of aliphatic carboxylic acids is 1. The molecule has 2 aromatic heterocycles. The van der Waals surface area contributed by atoms with Crippen LogP contribution in [0.5, 0.6) is 0 Å². The van der Waals surface area contributed by atoms with E-state index in [0.29, 0.717) is 47.0 Å². The minimum Gasteiger partial charge on any atom is -0.481 e. The molecule has 1 fully saturated rings. The number of imidazole rings is 1. The number of H-pyrrole nitrogens is 2. The monoisotopic (exact) mass is 1450 g/mol. The van der Waals surface area contributed by atoms with Crippen LogP contribution in [0.15, 0.2) is 78.3 Å². The summed E-state index contributed by atoms with van der Waals surface area (Å²) >= 11 is 12.7. The van der Waals surface area contributed by atoms with E-state index in [1.807, 2.05) is 0 Å². The Kier molecular flexibility index (Phi) is 33.5. The van der Waals surface area contributed by atoms with Gasteiger partial charge in [-0.2, -0.15) is 37.9 Å². The zero-order valence-corrected chi connectivity index (χ0v) is 58.5. The number of nitrogens with one attached hydrogen (secondary N) is 12. The Morgan fingerprint density at radius 3 is 1.63 bits per heavy atom. The molecule has 1 aliphatic rings. The molecule has 0 aliphatic carbocycles. The molecule has 12 amide bonds. The zero-order valence-electron chi connectivity index (χ0n) is 55.8. The highest BCUT2D eigenvalue weighted by atomic mass is 32.1. The maximum Gasteiger partial charge on any atom is 0.303 e. The van der Waals surface area contributed by atoms with Gasteiger partial charge in [0, 0.05) is 91.9 Å². The van der Waals surface area contributed by atoms with Crippen molar-refractivity contribution in [1.29, 1.82) is 0 Å². The molecule has 5 rings (SSSR count). The number of hydrogen-bond donors (Lipinski definition) is 20. The van der Waals surface area contributed by atoms with Gasteiger partial charge in [-0.1, -0.05) is 62.4 Å². The molecule has 0 saturated carbocycles. The van der Waals surface area contributed by atoms with E-state index in [2.05, 4.69) is 111 Å². The number of benzene rings is 2. The topological polar surface area (TPSA) is 527 Å². The second-order valence-electron chi connectivity index (χ2n) is 24.3. The number of nitrogens with zero attached hydrogens (tertiary/aromatic N) is 3. The predicted molar refractivity (Wildman–Crippen MR) is 379 cm³/mol. The smallest absolute Gasteiger partial charge is 0.303 e. The number of fused-ring (bicyclic) bond motifs is 1. The molecular formula is C64H93N19O14S3. The summed E-state index contributed by atoms with van der Waals surface area (Å²) in [6.45, 7) is 4.98. The predicted octanol–water partition coefficient (Wildman–Crippen LogP) is -3.24. The van der Waals surface area contributed by atoms with Crippen LogP contribution in [0.3, 0.4) is 0 Å². The molecule has 0 bridgehead atoms. The van der Waals surface area contributed by atoms with Crippen LogP contribution in [-0.2, 0) is 81.6 Å². The van der Waals surface area contributed by atoms with E-state index in [0.717, 1.165) is 0 Å². The maximum absolute atomic E-state index is 15.1. The molecule has 4 aromatic rings. The standard InChI is InChI=1S/C64H93N19O14S3/c1-34(2)52(53(66)87)82-62(96)50-19-12-24-83(50)63(97)43(17-9-10-22-65)76-61(95)49(32-100)80-57(91)45(26-37-28-71-40-16-8-7-15-39(37)40)78-54(88)41(18-11-23-70-64(67)68)74-56(90)44(25-36-13-5-4-6-14-36)77-58(92)46(27-38-29-69-33-72-38)79-55(89)42(20-21-51(85)86)75-60(94)48(31-99)81-59(93)47(30-98)73-35(3)84/h4-8,13-16,28-29,33-34,41-50,52,71,98-100H,9-12,17-27,30-32,65H2,1-3H3,(H2,66,87)(H,69,72)(H,73,84)(H,74,90)(H,75,94)(H,76,95)(H,77,92)(H,78,88)(H,79,89)(H,80,91)(H,81,93)(H,82,96)(H,85,86)(H4,67,68,70)/t41-,42-,43-,44+,45-,46-,47-,48-,49-,50-,52-/m0/s1. The second kappa shape index (κ2) is 41.2. The summed E-state index contributed by atoms with van der Waals surface area (Å²) in [6, 6.07) is 0.413. The maximum atomic E-state index is 15.1. The average Bonchev–Trinajstić information content (AvgIpc) is 1.64. The van der Waals surface area contributed by atoms with Crippen molar-refractivity contribution in [2.75, 3.05) is 36.9 Å². The lowest BCUT2D eigenvalue weighted by Crippen LogP contribution is -2.61. The summed E-state index contributed by atoms with van der Waals surface area (Å²) in [5.41, 5.74) is 24.8. The van der Waals surface area contributed by atoms with E-state index in [1.165, 1.54) is 24.3 Å². The van der Waals surface area contributed by atoms with Crippen LogP contribution in [0, 0.1) is 5.92 Å². The number of carboxylic acid groups (broad SMARTS) is 1. The fourth-order valence-corrected chi connectivity index (χ4v) is 11.8. The number of primary amides is 1. The van der Waals surface area contributed by atoms with E-state index in [1.54, 1.807) is 74.6 Å². The number of aromatic nitrogens is 3. The van der Waals surface area contributed by atoms with Gasteiger partial charge < -0.3 is 96.1 Å². The molecule has 36 heteroatoms. The van der Waals surface area contributed by atoms with Crippen molar-refractivity contribution in [3.8, 4) is 0 Å². The number of carboxylic acids is 1. The first-order valence-electron chi connectivity index (χ1n) is 32.6. The number of guanidine groups is 1. The fourth-order valence-electron chi connectivity index (χ4n) is 11.0. The normalized spacial score (nSPS) is 15.7. The highest BCUT2D eigenvalue weighted by Gasteiger charge is 2.41. The summed E-state index contributed by atoms with van der Waals surface area (Å²) in [4.78, 5) is 195.